The molecule has 0 spiro atoms. The van der Waals surface area contributed by atoms with Gasteiger partial charge in [-0.2, -0.15) is 15.0 Å². The fraction of sp³-hybridized carbons (Fsp3) is 0.348. The molecule has 1 aliphatic carbocycles. The van der Waals surface area contributed by atoms with Crippen molar-refractivity contribution in [1.29, 1.82) is 5.26 Å². The predicted molar refractivity (Wildman–Crippen MR) is 122 cm³/mol. The fourth-order valence-corrected chi connectivity index (χ4v) is 4.35. The van der Waals surface area contributed by atoms with Gasteiger partial charge in [0.05, 0.1) is 17.1 Å². The summed E-state index contributed by atoms with van der Waals surface area (Å²) in [4.78, 5) is 12.5. The number of fused-ring (bicyclic) bond motifs is 2. The van der Waals surface area contributed by atoms with Crippen molar-refractivity contribution >= 4 is 39.6 Å². The van der Waals surface area contributed by atoms with Crippen LogP contribution in [0, 0.1) is 15.0 Å². The van der Waals surface area contributed by atoms with Crippen LogP contribution in [-0.2, 0) is 11.2 Å². The molecule has 154 valence electrons. The Hall–Kier alpha value is -2.60. The lowest BCUT2D eigenvalue weighted by atomic mass is 9.88. The van der Waals surface area contributed by atoms with Crippen molar-refractivity contribution in [2.75, 3.05) is 0 Å². The third kappa shape index (κ3) is 4.15. The number of ether oxygens (including phenoxy) is 2. The molecule has 0 bridgehead atoms. The number of aromatic nitrogens is 2. The molecule has 1 aromatic heterocycles. The highest BCUT2D eigenvalue weighted by molar-refractivity contribution is 14.1. The van der Waals surface area contributed by atoms with Gasteiger partial charge in [-0.15, -0.1) is 0 Å². The molecular weight excluding hydrogens is 493 g/mol. The standard InChI is InChI=1S/C23H22IN3O3/c1-23(2,3)30-22(28)27-19-10-8-16(12-18(19)21(24)26-27)29-20-6-4-5-15-11-14(13-25)7-9-17(15)20/h7-12,20H,4-6H2,1-3H3. The Kier molecular flexibility index (Phi) is 5.45. The lowest BCUT2D eigenvalue weighted by Crippen LogP contribution is -2.27. The molecule has 30 heavy (non-hydrogen) atoms. The Bertz CT molecular complexity index is 1170. The van der Waals surface area contributed by atoms with Crippen LogP contribution >= 0.6 is 22.6 Å². The van der Waals surface area contributed by atoms with Crippen LogP contribution in [0.5, 0.6) is 5.75 Å². The van der Waals surface area contributed by atoms with Crippen molar-refractivity contribution in [3.05, 3.63) is 56.8 Å². The summed E-state index contributed by atoms with van der Waals surface area (Å²) in [7, 11) is 0. The third-order valence-electron chi connectivity index (χ3n) is 4.98. The van der Waals surface area contributed by atoms with E-state index in [4.69, 9.17) is 14.7 Å². The van der Waals surface area contributed by atoms with Gasteiger partial charge in [0.15, 0.2) is 0 Å². The zero-order valence-electron chi connectivity index (χ0n) is 17.1. The van der Waals surface area contributed by atoms with Gasteiger partial charge in [0.2, 0.25) is 0 Å². The maximum absolute atomic E-state index is 12.5. The Labute approximate surface area is 188 Å². The average Bonchev–Trinajstić information content (AvgIpc) is 3.03. The summed E-state index contributed by atoms with van der Waals surface area (Å²) in [5, 5.41) is 14.3. The highest BCUT2D eigenvalue weighted by Gasteiger charge is 2.24. The van der Waals surface area contributed by atoms with Gasteiger partial charge in [-0.25, -0.2) is 4.79 Å². The second-order valence-corrected chi connectivity index (χ2v) is 9.41. The Morgan fingerprint density at radius 1 is 1.27 bits per heavy atom. The molecule has 0 fully saturated rings. The van der Waals surface area contributed by atoms with Crippen molar-refractivity contribution in [3.8, 4) is 11.8 Å². The molecule has 0 saturated heterocycles. The molecule has 0 saturated carbocycles. The SMILES string of the molecule is CC(C)(C)OC(=O)n1nc(I)c2cc(OC3CCCc4cc(C#N)ccc43)ccc21. The summed E-state index contributed by atoms with van der Waals surface area (Å²) in [6, 6.07) is 13.6. The number of hydrogen-bond acceptors (Lipinski definition) is 5. The van der Waals surface area contributed by atoms with E-state index in [2.05, 4.69) is 33.8 Å². The minimum Gasteiger partial charge on any atom is -0.486 e. The van der Waals surface area contributed by atoms with E-state index in [9.17, 15) is 4.79 Å². The van der Waals surface area contributed by atoms with Crippen molar-refractivity contribution < 1.29 is 14.3 Å². The van der Waals surface area contributed by atoms with Gasteiger partial charge in [-0.3, -0.25) is 0 Å². The maximum Gasteiger partial charge on any atom is 0.435 e. The van der Waals surface area contributed by atoms with Gasteiger partial charge in [-0.1, -0.05) is 6.07 Å². The number of hydrogen-bond donors (Lipinski definition) is 0. The van der Waals surface area contributed by atoms with Gasteiger partial charge in [0.25, 0.3) is 0 Å². The zero-order chi connectivity index (χ0) is 21.5. The average molecular weight is 515 g/mol. The van der Waals surface area contributed by atoms with Gasteiger partial charge in [-0.05, 0) is 104 Å². The normalized spacial score (nSPS) is 16.0. The number of benzene rings is 2. The van der Waals surface area contributed by atoms with Crippen molar-refractivity contribution in [1.82, 2.24) is 9.78 Å². The minimum atomic E-state index is -0.594. The second-order valence-electron chi connectivity index (χ2n) is 8.39. The van der Waals surface area contributed by atoms with Crippen LogP contribution in [0.15, 0.2) is 36.4 Å². The molecule has 1 aliphatic rings. The predicted octanol–water partition coefficient (Wildman–Crippen LogP) is 5.75. The van der Waals surface area contributed by atoms with E-state index in [0.29, 0.717) is 14.8 Å². The van der Waals surface area contributed by atoms with Crippen LogP contribution in [-0.4, -0.2) is 21.5 Å². The smallest absolute Gasteiger partial charge is 0.435 e. The molecule has 3 aromatic rings. The summed E-state index contributed by atoms with van der Waals surface area (Å²) in [6.45, 7) is 5.49. The van der Waals surface area contributed by atoms with E-state index < -0.39 is 11.7 Å². The first kappa shape index (κ1) is 20.7. The Balaban J connectivity index is 1.62. The van der Waals surface area contributed by atoms with E-state index in [0.717, 1.165) is 36.0 Å². The summed E-state index contributed by atoms with van der Waals surface area (Å²) in [6.07, 6.45) is 2.34. The van der Waals surface area contributed by atoms with E-state index in [1.165, 1.54) is 10.2 Å². The summed E-state index contributed by atoms with van der Waals surface area (Å²) >= 11 is 2.12. The fourth-order valence-electron chi connectivity index (χ4n) is 3.70. The second kappa shape index (κ2) is 7.91. The van der Waals surface area contributed by atoms with Crippen LogP contribution in [0.25, 0.3) is 10.9 Å². The molecule has 0 amide bonds. The van der Waals surface area contributed by atoms with Gasteiger partial charge >= 0.3 is 6.09 Å². The number of carbonyl (C=O) groups is 1. The third-order valence-corrected chi connectivity index (χ3v) is 5.78. The molecule has 1 heterocycles. The molecule has 4 rings (SSSR count). The number of nitrogens with zero attached hydrogens (tertiary/aromatic N) is 3. The molecule has 7 heteroatoms. The number of nitriles is 1. The van der Waals surface area contributed by atoms with Crippen LogP contribution < -0.4 is 4.74 Å². The summed E-state index contributed by atoms with van der Waals surface area (Å²) < 4.78 is 13.8. The molecule has 6 nitrogen and oxygen atoms in total. The lowest BCUT2D eigenvalue weighted by molar-refractivity contribution is 0.0522. The Morgan fingerprint density at radius 3 is 2.80 bits per heavy atom. The highest BCUT2D eigenvalue weighted by atomic mass is 127. The highest BCUT2D eigenvalue weighted by Crippen LogP contribution is 2.35. The van der Waals surface area contributed by atoms with Gasteiger partial charge in [0, 0.05) is 5.39 Å². The molecular formula is C23H22IN3O3. The topological polar surface area (TPSA) is 77.1 Å². The first-order valence-corrected chi connectivity index (χ1v) is 10.9. The molecule has 0 aliphatic heterocycles. The van der Waals surface area contributed by atoms with Crippen molar-refractivity contribution in [3.63, 3.8) is 0 Å². The number of halogens is 1. The molecule has 1 atom stereocenters. The maximum atomic E-state index is 12.5. The van der Waals surface area contributed by atoms with E-state index in [1.54, 1.807) is 0 Å². The minimum absolute atomic E-state index is 0.0579. The molecule has 1 unspecified atom stereocenters. The van der Waals surface area contributed by atoms with Crippen LogP contribution in [0.1, 0.15) is 56.4 Å². The van der Waals surface area contributed by atoms with Crippen LogP contribution in [0.3, 0.4) is 0 Å². The first-order valence-electron chi connectivity index (χ1n) is 9.86. The molecule has 0 N–H and O–H groups in total. The van der Waals surface area contributed by atoms with E-state index >= 15 is 0 Å². The van der Waals surface area contributed by atoms with Crippen LogP contribution in [0.2, 0.25) is 0 Å². The number of rotatable bonds is 2. The van der Waals surface area contributed by atoms with Crippen LogP contribution in [0.4, 0.5) is 4.79 Å². The van der Waals surface area contributed by atoms with E-state index in [1.807, 2.05) is 57.2 Å². The monoisotopic (exact) mass is 515 g/mol. The first-order chi connectivity index (χ1) is 14.2. The quantitative estimate of drug-likeness (QED) is 0.406. The number of carbonyl (C=O) groups excluding carboxylic acids is 1. The molecule has 0 radical (unpaired) electrons. The number of aryl methyl sites for hydroxylation is 1. The largest absolute Gasteiger partial charge is 0.486 e. The Morgan fingerprint density at radius 2 is 2.07 bits per heavy atom. The molecule has 2 aromatic carbocycles. The summed E-state index contributed by atoms with van der Waals surface area (Å²) in [5.41, 5.74) is 3.09. The van der Waals surface area contributed by atoms with Gasteiger partial charge < -0.3 is 9.47 Å². The lowest BCUT2D eigenvalue weighted by Gasteiger charge is -2.26. The van der Waals surface area contributed by atoms with Crippen molar-refractivity contribution in [2.24, 2.45) is 0 Å². The van der Waals surface area contributed by atoms with Crippen molar-refractivity contribution in [2.45, 2.75) is 51.7 Å². The van der Waals surface area contributed by atoms with Gasteiger partial charge in [0.1, 0.15) is 21.2 Å². The van der Waals surface area contributed by atoms with E-state index in [-0.39, 0.29) is 6.10 Å². The zero-order valence-corrected chi connectivity index (χ0v) is 19.3. The summed E-state index contributed by atoms with van der Waals surface area (Å²) in [5.74, 6) is 0.728.